The summed E-state index contributed by atoms with van der Waals surface area (Å²) in [5.74, 6) is 0.704. The van der Waals surface area contributed by atoms with Crippen LogP contribution in [0, 0.1) is 13.8 Å². The van der Waals surface area contributed by atoms with Gasteiger partial charge in [0.2, 0.25) is 0 Å². The number of hydrogen-bond acceptors (Lipinski definition) is 5. The van der Waals surface area contributed by atoms with Gasteiger partial charge in [0, 0.05) is 11.7 Å². The number of hydrogen-bond donors (Lipinski definition) is 1. The molecule has 2 aromatic heterocycles. The van der Waals surface area contributed by atoms with Crippen LogP contribution in [0.1, 0.15) is 51.8 Å². The van der Waals surface area contributed by atoms with E-state index in [0.717, 1.165) is 29.2 Å². The van der Waals surface area contributed by atoms with E-state index in [1.54, 1.807) is 6.20 Å². The van der Waals surface area contributed by atoms with Crippen LogP contribution in [-0.4, -0.2) is 21.9 Å². The van der Waals surface area contributed by atoms with Crippen molar-refractivity contribution in [1.82, 2.24) is 15.3 Å². The van der Waals surface area contributed by atoms with Gasteiger partial charge in [0.05, 0.1) is 11.9 Å². The molecule has 23 heavy (non-hydrogen) atoms. The molecular weight excluding hydrogens is 310 g/mol. The Bertz CT molecular complexity index is 676. The van der Waals surface area contributed by atoms with Crippen molar-refractivity contribution in [3.8, 4) is 5.75 Å². The number of ether oxygens (including phenoxy) is 1. The standard InChI is InChI=1S/C17H21N3O2S/c1-11-7-8-14(9-18-11)22-10-15-19-12(2)16(23-15)17(21)20-13-5-3-4-6-13/h7-9,13H,3-6,10H2,1-2H3,(H,20,21). The molecule has 0 saturated heterocycles. The van der Waals surface area contributed by atoms with Crippen molar-refractivity contribution in [3.63, 3.8) is 0 Å². The van der Waals surface area contributed by atoms with Crippen molar-refractivity contribution >= 4 is 17.2 Å². The van der Waals surface area contributed by atoms with Crippen molar-refractivity contribution in [3.05, 3.63) is 39.6 Å². The summed E-state index contributed by atoms with van der Waals surface area (Å²) in [6.45, 7) is 4.16. The van der Waals surface area contributed by atoms with Gasteiger partial charge in [-0.2, -0.15) is 0 Å². The van der Waals surface area contributed by atoms with Crippen molar-refractivity contribution < 1.29 is 9.53 Å². The molecule has 122 valence electrons. The van der Waals surface area contributed by atoms with Gasteiger partial charge < -0.3 is 10.1 Å². The SMILES string of the molecule is Cc1ccc(OCc2nc(C)c(C(=O)NC3CCCC3)s2)cn1. The van der Waals surface area contributed by atoms with Gasteiger partial charge in [-0.25, -0.2) is 4.98 Å². The number of carbonyl (C=O) groups is 1. The van der Waals surface area contributed by atoms with Crippen LogP contribution < -0.4 is 10.1 Å². The third-order valence-corrected chi connectivity index (χ3v) is 5.11. The number of pyridine rings is 1. The molecule has 2 aromatic rings. The van der Waals surface area contributed by atoms with Crippen LogP contribution in [0.3, 0.4) is 0 Å². The molecule has 0 aromatic carbocycles. The van der Waals surface area contributed by atoms with E-state index in [1.165, 1.54) is 24.2 Å². The Morgan fingerprint density at radius 1 is 1.35 bits per heavy atom. The fourth-order valence-electron chi connectivity index (χ4n) is 2.73. The highest BCUT2D eigenvalue weighted by Gasteiger charge is 2.21. The summed E-state index contributed by atoms with van der Waals surface area (Å²) in [6.07, 6.45) is 6.27. The average Bonchev–Trinajstić information content (AvgIpc) is 3.16. The van der Waals surface area contributed by atoms with Gasteiger partial charge in [-0.15, -0.1) is 11.3 Å². The van der Waals surface area contributed by atoms with Gasteiger partial charge >= 0.3 is 0 Å². The average molecular weight is 331 g/mol. The van der Waals surface area contributed by atoms with Crippen molar-refractivity contribution in [2.75, 3.05) is 0 Å². The molecule has 1 saturated carbocycles. The molecule has 2 heterocycles. The quantitative estimate of drug-likeness (QED) is 0.912. The molecular formula is C17H21N3O2S. The summed E-state index contributed by atoms with van der Waals surface area (Å²) in [5.41, 5.74) is 1.72. The summed E-state index contributed by atoms with van der Waals surface area (Å²) in [6, 6.07) is 4.11. The molecule has 0 radical (unpaired) electrons. The van der Waals surface area contributed by atoms with Crippen LogP contribution in [0.25, 0.3) is 0 Å². The molecule has 6 heteroatoms. The van der Waals surface area contributed by atoms with Crippen molar-refractivity contribution in [2.45, 2.75) is 52.2 Å². The lowest BCUT2D eigenvalue weighted by Crippen LogP contribution is -2.32. The van der Waals surface area contributed by atoms with Crippen LogP contribution in [0.15, 0.2) is 18.3 Å². The highest BCUT2D eigenvalue weighted by molar-refractivity contribution is 7.13. The van der Waals surface area contributed by atoms with Crippen LogP contribution >= 0.6 is 11.3 Å². The molecule has 0 atom stereocenters. The maximum absolute atomic E-state index is 12.4. The first-order valence-corrected chi connectivity index (χ1v) is 8.76. The van der Waals surface area contributed by atoms with Gasteiger partial charge in [0.1, 0.15) is 22.2 Å². The van der Waals surface area contributed by atoms with Crippen LogP contribution in [0.5, 0.6) is 5.75 Å². The van der Waals surface area contributed by atoms with Gasteiger partial charge in [-0.05, 0) is 38.8 Å². The molecule has 3 rings (SSSR count). The molecule has 1 N–H and O–H groups in total. The number of nitrogens with one attached hydrogen (secondary N) is 1. The zero-order valence-electron chi connectivity index (χ0n) is 13.5. The minimum absolute atomic E-state index is 0.00449. The second-order valence-corrected chi connectivity index (χ2v) is 6.98. The predicted molar refractivity (Wildman–Crippen MR) is 89.9 cm³/mol. The molecule has 0 bridgehead atoms. The van der Waals surface area contributed by atoms with Gasteiger partial charge in [0.25, 0.3) is 5.91 Å². The second kappa shape index (κ2) is 7.08. The highest BCUT2D eigenvalue weighted by Crippen LogP contribution is 2.22. The minimum atomic E-state index is -0.00449. The summed E-state index contributed by atoms with van der Waals surface area (Å²) in [7, 11) is 0. The third kappa shape index (κ3) is 4.07. The Hall–Kier alpha value is -1.95. The molecule has 5 nitrogen and oxygen atoms in total. The number of amides is 1. The topological polar surface area (TPSA) is 64.1 Å². The van der Waals surface area contributed by atoms with E-state index in [4.69, 9.17) is 4.74 Å². The zero-order chi connectivity index (χ0) is 16.2. The number of nitrogens with zero attached hydrogens (tertiary/aromatic N) is 2. The number of aryl methyl sites for hydroxylation is 2. The lowest BCUT2D eigenvalue weighted by Gasteiger charge is -2.10. The summed E-state index contributed by atoms with van der Waals surface area (Å²) >= 11 is 1.40. The first kappa shape index (κ1) is 15.9. The second-order valence-electron chi connectivity index (χ2n) is 5.90. The van der Waals surface area contributed by atoms with Gasteiger partial charge in [-0.1, -0.05) is 12.8 Å². The fourth-order valence-corrected chi connectivity index (χ4v) is 3.61. The molecule has 0 spiro atoms. The third-order valence-electron chi connectivity index (χ3n) is 3.98. The number of aromatic nitrogens is 2. The molecule has 1 aliphatic rings. The maximum Gasteiger partial charge on any atom is 0.263 e. The van der Waals surface area contributed by atoms with E-state index in [1.807, 2.05) is 26.0 Å². The number of thiazole rings is 1. The largest absolute Gasteiger partial charge is 0.485 e. The fraction of sp³-hybridized carbons (Fsp3) is 0.471. The smallest absolute Gasteiger partial charge is 0.263 e. The molecule has 1 amide bonds. The maximum atomic E-state index is 12.4. The van der Waals surface area contributed by atoms with E-state index in [2.05, 4.69) is 15.3 Å². The molecule has 0 unspecified atom stereocenters. The lowest BCUT2D eigenvalue weighted by molar-refractivity contribution is 0.0941. The first-order chi connectivity index (χ1) is 11.1. The Labute approximate surface area is 140 Å². The normalized spacial score (nSPS) is 14.9. The number of rotatable bonds is 5. The van der Waals surface area contributed by atoms with E-state index in [-0.39, 0.29) is 5.91 Å². The Balaban J connectivity index is 1.60. The highest BCUT2D eigenvalue weighted by atomic mass is 32.1. The lowest BCUT2D eigenvalue weighted by atomic mass is 10.2. The van der Waals surface area contributed by atoms with Crippen LogP contribution in [-0.2, 0) is 6.61 Å². The van der Waals surface area contributed by atoms with E-state index in [0.29, 0.717) is 23.3 Å². The van der Waals surface area contributed by atoms with Crippen LogP contribution in [0.2, 0.25) is 0 Å². The van der Waals surface area contributed by atoms with E-state index in [9.17, 15) is 4.79 Å². The summed E-state index contributed by atoms with van der Waals surface area (Å²) in [5, 5.41) is 3.92. The Morgan fingerprint density at radius 2 is 2.13 bits per heavy atom. The first-order valence-electron chi connectivity index (χ1n) is 7.94. The minimum Gasteiger partial charge on any atom is -0.485 e. The van der Waals surface area contributed by atoms with E-state index >= 15 is 0 Å². The predicted octanol–water partition coefficient (Wildman–Crippen LogP) is 3.41. The zero-order valence-corrected chi connectivity index (χ0v) is 14.3. The van der Waals surface area contributed by atoms with Gasteiger partial charge in [-0.3, -0.25) is 9.78 Å². The monoisotopic (exact) mass is 331 g/mol. The summed E-state index contributed by atoms with van der Waals surface area (Å²) < 4.78 is 5.68. The number of carbonyl (C=O) groups excluding carboxylic acids is 1. The van der Waals surface area contributed by atoms with Crippen LogP contribution in [0.4, 0.5) is 0 Å². The van der Waals surface area contributed by atoms with Gasteiger partial charge in [0.15, 0.2) is 0 Å². The van der Waals surface area contributed by atoms with Crippen molar-refractivity contribution in [1.29, 1.82) is 0 Å². The Morgan fingerprint density at radius 3 is 2.83 bits per heavy atom. The van der Waals surface area contributed by atoms with Crippen molar-refractivity contribution in [2.24, 2.45) is 0 Å². The Kier molecular flexibility index (Phi) is 4.91. The molecule has 1 fully saturated rings. The molecule has 0 aliphatic heterocycles. The van der Waals surface area contributed by atoms with E-state index < -0.39 is 0 Å². The summed E-state index contributed by atoms with van der Waals surface area (Å²) in [4.78, 5) is 21.7. The molecule has 1 aliphatic carbocycles.